The molecule has 4 heteroatoms. The van der Waals surface area contributed by atoms with E-state index in [0.29, 0.717) is 0 Å². The van der Waals surface area contributed by atoms with Crippen molar-refractivity contribution in [2.75, 3.05) is 25.5 Å². The molecule has 0 aromatic heterocycles. The number of hydrogen-bond acceptors (Lipinski definition) is 3. The van der Waals surface area contributed by atoms with Crippen molar-refractivity contribution in [2.24, 2.45) is 0 Å². The molecule has 0 bridgehead atoms. The van der Waals surface area contributed by atoms with Crippen LogP contribution in [0.1, 0.15) is 38.2 Å². The Kier molecular flexibility index (Phi) is 5.48. The summed E-state index contributed by atoms with van der Waals surface area (Å²) in [6.45, 7) is 5.73. The predicted octanol–water partition coefficient (Wildman–Crippen LogP) is 3.21. The van der Waals surface area contributed by atoms with E-state index in [0.717, 1.165) is 42.9 Å². The lowest BCUT2D eigenvalue weighted by Gasteiger charge is -2.25. The van der Waals surface area contributed by atoms with Gasteiger partial charge in [-0.1, -0.05) is 18.9 Å². The van der Waals surface area contributed by atoms with Gasteiger partial charge in [0, 0.05) is 13.1 Å². The van der Waals surface area contributed by atoms with E-state index in [9.17, 15) is 4.79 Å². The number of likely N-dealkylation sites (tertiary alicyclic amines) is 1. The summed E-state index contributed by atoms with van der Waals surface area (Å²) in [6, 6.07) is 5.72. The first-order chi connectivity index (χ1) is 10.1. The molecule has 116 valence electrons. The minimum atomic E-state index is -0.237. The first-order valence-corrected chi connectivity index (χ1v) is 7.82. The number of nitrogens with one attached hydrogen (secondary N) is 1. The maximum Gasteiger partial charge on any atom is 0.244 e. The van der Waals surface area contributed by atoms with E-state index in [4.69, 9.17) is 4.74 Å². The molecule has 21 heavy (non-hydrogen) atoms. The third-order valence-electron chi connectivity index (χ3n) is 4.02. The molecule has 2 rings (SSSR count). The SMILES string of the molecule is COc1ccc(C)cc1NC(C)C(=O)N1CCCCCC1. The predicted molar refractivity (Wildman–Crippen MR) is 85.9 cm³/mol. The molecule has 1 fully saturated rings. The van der Waals surface area contributed by atoms with Crippen molar-refractivity contribution < 1.29 is 9.53 Å². The summed E-state index contributed by atoms with van der Waals surface area (Å²) < 4.78 is 5.36. The highest BCUT2D eigenvalue weighted by Crippen LogP contribution is 2.26. The van der Waals surface area contributed by atoms with E-state index >= 15 is 0 Å². The lowest BCUT2D eigenvalue weighted by Crippen LogP contribution is -2.41. The Labute approximate surface area is 127 Å². The fourth-order valence-corrected chi connectivity index (χ4v) is 2.79. The van der Waals surface area contributed by atoms with Crippen LogP contribution in [0.2, 0.25) is 0 Å². The van der Waals surface area contributed by atoms with Gasteiger partial charge in [-0.25, -0.2) is 0 Å². The number of carbonyl (C=O) groups is 1. The monoisotopic (exact) mass is 290 g/mol. The molecule has 1 amide bonds. The Hall–Kier alpha value is -1.71. The van der Waals surface area contributed by atoms with Crippen LogP contribution in [0.3, 0.4) is 0 Å². The molecule has 4 nitrogen and oxygen atoms in total. The normalized spacial score (nSPS) is 17.0. The van der Waals surface area contributed by atoms with Crippen LogP contribution in [-0.4, -0.2) is 37.0 Å². The lowest BCUT2D eigenvalue weighted by atomic mass is 10.2. The molecule has 1 N–H and O–H groups in total. The topological polar surface area (TPSA) is 41.6 Å². The van der Waals surface area contributed by atoms with Gasteiger partial charge in [0.25, 0.3) is 0 Å². The van der Waals surface area contributed by atoms with Gasteiger partial charge in [0.05, 0.1) is 12.8 Å². The average Bonchev–Trinajstić information content (AvgIpc) is 2.75. The minimum Gasteiger partial charge on any atom is -0.495 e. The van der Waals surface area contributed by atoms with Gasteiger partial charge in [-0.15, -0.1) is 0 Å². The van der Waals surface area contributed by atoms with Gasteiger partial charge < -0.3 is 15.0 Å². The van der Waals surface area contributed by atoms with Crippen molar-refractivity contribution in [1.29, 1.82) is 0 Å². The third kappa shape index (κ3) is 4.13. The molecule has 1 atom stereocenters. The quantitative estimate of drug-likeness (QED) is 0.926. The van der Waals surface area contributed by atoms with E-state index in [-0.39, 0.29) is 11.9 Å². The summed E-state index contributed by atoms with van der Waals surface area (Å²) in [5.41, 5.74) is 2.03. The van der Waals surface area contributed by atoms with E-state index < -0.39 is 0 Å². The van der Waals surface area contributed by atoms with E-state index in [1.807, 2.05) is 36.9 Å². The average molecular weight is 290 g/mol. The molecule has 0 aliphatic carbocycles. The van der Waals surface area contributed by atoms with Crippen molar-refractivity contribution in [3.8, 4) is 5.75 Å². The summed E-state index contributed by atoms with van der Waals surface area (Å²) in [5.74, 6) is 0.955. The largest absolute Gasteiger partial charge is 0.495 e. The summed E-state index contributed by atoms with van der Waals surface area (Å²) >= 11 is 0. The molecule has 0 saturated carbocycles. The molecular formula is C17H26N2O2. The Morgan fingerprint density at radius 1 is 1.24 bits per heavy atom. The van der Waals surface area contributed by atoms with Crippen LogP contribution in [0.25, 0.3) is 0 Å². The first kappa shape index (κ1) is 15.7. The molecule has 1 aromatic carbocycles. The number of nitrogens with zero attached hydrogens (tertiary/aromatic N) is 1. The molecule has 1 aliphatic heterocycles. The van der Waals surface area contributed by atoms with Crippen molar-refractivity contribution in [3.63, 3.8) is 0 Å². The Morgan fingerprint density at radius 2 is 1.90 bits per heavy atom. The van der Waals surface area contributed by atoms with E-state index in [1.165, 1.54) is 12.8 Å². The number of amides is 1. The maximum atomic E-state index is 12.6. The molecular weight excluding hydrogens is 264 g/mol. The molecule has 1 saturated heterocycles. The minimum absolute atomic E-state index is 0.181. The summed E-state index contributed by atoms with van der Waals surface area (Å²) in [4.78, 5) is 14.6. The van der Waals surface area contributed by atoms with Crippen LogP contribution in [0.5, 0.6) is 5.75 Å². The number of rotatable bonds is 4. The Bertz CT molecular complexity index is 480. The third-order valence-corrected chi connectivity index (χ3v) is 4.02. The fraction of sp³-hybridized carbons (Fsp3) is 0.588. The zero-order valence-corrected chi connectivity index (χ0v) is 13.3. The van der Waals surface area contributed by atoms with Gasteiger partial charge in [0.15, 0.2) is 0 Å². The van der Waals surface area contributed by atoms with Crippen LogP contribution < -0.4 is 10.1 Å². The first-order valence-electron chi connectivity index (χ1n) is 7.82. The highest BCUT2D eigenvalue weighted by Gasteiger charge is 2.22. The number of aryl methyl sites for hydroxylation is 1. The van der Waals surface area contributed by atoms with Crippen molar-refractivity contribution in [3.05, 3.63) is 23.8 Å². The van der Waals surface area contributed by atoms with Crippen LogP contribution >= 0.6 is 0 Å². The van der Waals surface area contributed by atoms with Crippen molar-refractivity contribution in [2.45, 2.75) is 45.6 Å². The van der Waals surface area contributed by atoms with Crippen LogP contribution in [0.4, 0.5) is 5.69 Å². The fourth-order valence-electron chi connectivity index (χ4n) is 2.79. The zero-order valence-electron chi connectivity index (χ0n) is 13.3. The number of methoxy groups -OCH3 is 1. The number of benzene rings is 1. The summed E-state index contributed by atoms with van der Waals surface area (Å²) in [5, 5.41) is 3.30. The molecule has 1 unspecified atom stereocenters. The standard InChI is InChI=1S/C17H26N2O2/c1-13-8-9-16(21-3)15(12-13)18-14(2)17(20)19-10-6-4-5-7-11-19/h8-9,12,14,18H,4-7,10-11H2,1-3H3. The smallest absolute Gasteiger partial charge is 0.244 e. The Morgan fingerprint density at radius 3 is 2.52 bits per heavy atom. The van der Waals surface area contributed by atoms with Gasteiger partial charge >= 0.3 is 0 Å². The molecule has 1 heterocycles. The van der Waals surface area contributed by atoms with Gasteiger partial charge in [0.1, 0.15) is 11.8 Å². The second-order valence-electron chi connectivity index (χ2n) is 5.81. The zero-order chi connectivity index (χ0) is 15.2. The van der Waals surface area contributed by atoms with E-state index in [2.05, 4.69) is 5.32 Å². The van der Waals surface area contributed by atoms with Gasteiger partial charge in [-0.2, -0.15) is 0 Å². The highest BCUT2D eigenvalue weighted by molar-refractivity contribution is 5.85. The van der Waals surface area contributed by atoms with Crippen molar-refractivity contribution in [1.82, 2.24) is 4.90 Å². The number of hydrogen-bond donors (Lipinski definition) is 1. The molecule has 0 radical (unpaired) electrons. The molecule has 0 spiro atoms. The van der Waals surface area contributed by atoms with Gasteiger partial charge in [-0.05, 0) is 44.4 Å². The summed E-state index contributed by atoms with van der Waals surface area (Å²) in [7, 11) is 1.65. The van der Waals surface area contributed by atoms with Gasteiger partial charge in [-0.3, -0.25) is 4.79 Å². The highest BCUT2D eigenvalue weighted by atomic mass is 16.5. The van der Waals surface area contributed by atoms with E-state index in [1.54, 1.807) is 7.11 Å². The van der Waals surface area contributed by atoms with Crippen molar-refractivity contribution >= 4 is 11.6 Å². The molecule has 1 aliphatic rings. The summed E-state index contributed by atoms with van der Waals surface area (Å²) in [6.07, 6.45) is 4.70. The lowest BCUT2D eigenvalue weighted by molar-refractivity contribution is -0.131. The van der Waals surface area contributed by atoms with Gasteiger partial charge in [0.2, 0.25) is 5.91 Å². The number of anilines is 1. The Balaban J connectivity index is 2.04. The second kappa shape index (κ2) is 7.34. The molecule has 1 aromatic rings. The second-order valence-corrected chi connectivity index (χ2v) is 5.81. The van der Waals surface area contributed by atoms with Crippen LogP contribution in [-0.2, 0) is 4.79 Å². The van der Waals surface area contributed by atoms with Crippen LogP contribution in [0.15, 0.2) is 18.2 Å². The number of ether oxygens (including phenoxy) is 1. The van der Waals surface area contributed by atoms with Crippen LogP contribution in [0, 0.1) is 6.92 Å². The maximum absolute atomic E-state index is 12.6. The number of carbonyl (C=O) groups excluding carboxylic acids is 1.